The van der Waals surface area contributed by atoms with Gasteiger partial charge in [0.1, 0.15) is 0 Å². The normalized spacial score (nSPS) is 10.3. The minimum atomic E-state index is -0.356. The van der Waals surface area contributed by atoms with E-state index < -0.39 is 0 Å². The number of hydrogen-bond donors (Lipinski definition) is 1. The lowest BCUT2D eigenvalue weighted by Gasteiger charge is -2.06. The number of aliphatic hydroxyl groups excluding tert-OH is 1. The molecule has 0 heterocycles. The zero-order valence-electron chi connectivity index (χ0n) is 13.8. The van der Waals surface area contributed by atoms with Crippen LogP contribution in [0.1, 0.15) is 64.7 Å². The average Bonchev–Trinajstić information content (AvgIpc) is 2.49. The molecule has 0 unspecified atom stereocenters. The van der Waals surface area contributed by atoms with E-state index in [-0.39, 0.29) is 18.5 Å². The van der Waals surface area contributed by atoms with Crippen LogP contribution in [0.4, 0.5) is 0 Å². The molecule has 0 aromatic rings. The Labute approximate surface area is 133 Å². The molecule has 0 rings (SSSR count). The molecule has 0 amide bonds. The first-order valence-electron chi connectivity index (χ1n) is 8.17. The number of ether oxygens (including phenoxy) is 2. The van der Waals surface area contributed by atoms with Crippen LogP contribution in [-0.4, -0.2) is 36.9 Å². The van der Waals surface area contributed by atoms with Crippen LogP contribution in [0, 0.1) is 0 Å². The van der Waals surface area contributed by atoms with Gasteiger partial charge in [0.25, 0.3) is 0 Å². The number of esters is 2. The molecule has 0 radical (unpaired) electrons. The van der Waals surface area contributed by atoms with Crippen molar-refractivity contribution in [2.75, 3.05) is 19.8 Å². The molecule has 0 aromatic heterocycles. The van der Waals surface area contributed by atoms with Gasteiger partial charge in [0.2, 0.25) is 0 Å². The highest BCUT2D eigenvalue weighted by atomic mass is 16.5. The van der Waals surface area contributed by atoms with E-state index in [1.807, 2.05) is 0 Å². The summed E-state index contributed by atoms with van der Waals surface area (Å²) in [6, 6.07) is 0. The van der Waals surface area contributed by atoms with E-state index in [4.69, 9.17) is 14.6 Å². The van der Waals surface area contributed by atoms with Crippen molar-refractivity contribution in [3.63, 3.8) is 0 Å². The second kappa shape index (κ2) is 14.6. The summed E-state index contributed by atoms with van der Waals surface area (Å²) in [6.07, 6.45) is 7.64. The van der Waals surface area contributed by atoms with Crippen molar-refractivity contribution >= 4 is 11.9 Å². The summed E-state index contributed by atoms with van der Waals surface area (Å²) in [5.41, 5.74) is 0.408. The molecule has 128 valence electrons. The van der Waals surface area contributed by atoms with Crippen LogP contribution in [0.15, 0.2) is 12.2 Å². The predicted molar refractivity (Wildman–Crippen MR) is 85.4 cm³/mol. The van der Waals surface area contributed by atoms with E-state index in [0.717, 1.165) is 51.4 Å². The molecule has 0 saturated carbocycles. The van der Waals surface area contributed by atoms with Crippen LogP contribution in [0.2, 0.25) is 0 Å². The Balaban J connectivity index is 3.28. The lowest BCUT2D eigenvalue weighted by molar-refractivity contribution is -0.143. The molecule has 1 N–H and O–H groups in total. The van der Waals surface area contributed by atoms with E-state index >= 15 is 0 Å². The van der Waals surface area contributed by atoms with Gasteiger partial charge in [-0.05, 0) is 39.0 Å². The summed E-state index contributed by atoms with van der Waals surface area (Å²) < 4.78 is 10.1. The van der Waals surface area contributed by atoms with Gasteiger partial charge in [0, 0.05) is 18.6 Å². The van der Waals surface area contributed by atoms with Crippen LogP contribution in [0.5, 0.6) is 0 Å². The number of carbonyl (C=O) groups excluding carboxylic acids is 2. The van der Waals surface area contributed by atoms with E-state index in [9.17, 15) is 9.59 Å². The SMILES string of the molecule is C=C(C)C(=O)OCCCCCOC(=O)CCCCCCCO. The fourth-order valence-electron chi connectivity index (χ4n) is 1.84. The smallest absolute Gasteiger partial charge is 0.333 e. The van der Waals surface area contributed by atoms with Crippen molar-refractivity contribution in [2.24, 2.45) is 0 Å². The van der Waals surface area contributed by atoms with Gasteiger partial charge in [0.15, 0.2) is 0 Å². The van der Waals surface area contributed by atoms with Crippen molar-refractivity contribution in [3.05, 3.63) is 12.2 Å². The lowest BCUT2D eigenvalue weighted by atomic mass is 10.1. The van der Waals surface area contributed by atoms with E-state index in [0.29, 0.717) is 25.2 Å². The van der Waals surface area contributed by atoms with Gasteiger partial charge in [-0.2, -0.15) is 0 Å². The Bertz CT molecular complexity index is 325. The van der Waals surface area contributed by atoms with Crippen molar-refractivity contribution in [1.29, 1.82) is 0 Å². The number of hydrogen-bond acceptors (Lipinski definition) is 5. The Hall–Kier alpha value is -1.36. The van der Waals surface area contributed by atoms with Gasteiger partial charge in [0.05, 0.1) is 13.2 Å². The van der Waals surface area contributed by atoms with Gasteiger partial charge in [-0.3, -0.25) is 4.79 Å². The summed E-state index contributed by atoms with van der Waals surface area (Å²) in [7, 11) is 0. The quantitative estimate of drug-likeness (QED) is 0.303. The second-order valence-corrected chi connectivity index (χ2v) is 5.44. The summed E-state index contributed by atoms with van der Waals surface area (Å²) >= 11 is 0. The third kappa shape index (κ3) is 13.6. The molecular weight excluding hydrogens is 284 g/mol. The Morgan fingerprint density at radius 3 is 2.05 bits per heavy atom. The molecule has 0 aliphatic heterocycles. The molecule has 0 fully saturated rings. The van der Waals surface area contributed by atoms with Gasteiger partial charge in [-0.15, -0.1) is 0 Å². The first-order chi connectivity index (χ1) is 10.6. The average molecular weight is 314 g/mol. The molecule has 0 bridgehead atoms. The van der Waals surface area contributed by atoms with Crippen molar-refractivity contribution in [2.45, 2.75) is 64.7 Å². The van der Waals surface area contributed by atoms with Crippen LogP contribution in [0.25, 0.3) is 0 Å². The fourth-order valence-corrected chi connectivity index (χ4v) is 1.84. The van der Waals surface area contributed by atoms with Crippen molar-refractivity contribution in [3.8, 4) is 0 Å². The van der Waals surface area contributed by atoms with Crippen LogP contribution < -0.4 is 0 Å². The minimum Gasteiger partial charge on any atom is -0.466 e. The second-order valence-electron chi connectivity index (χ2n) is 5.44. The first kappa shape index (κ1) is 20.6. The maximum atomic E-state index is 11.4. The van der Waals surface area contributed by atoms with Gasteiger partial charge in [-0.25, -0.2) is 4.79 Å². The highest BCUT2D eigenvalue weighted by Gasteiger charge is 2.04. The van der Waals surface area contributed by atoms with Crippen LogP contribution >= 0.6 is 0 Å². The minimum absolute atomic E-state index is 0.143. The van der Waals surface area contributed by atoms with E-state index in [2.05, 4.69) is 6.58 Å². The molecule has 5 heteroatoms. The number of aliphatic hydroxyl groups is 1. The predicted octanol–water partition coefficient (Wildman–Crippen LogP) is 3.15. The van der Waals surface area contributed by atoms with Gasteiger partial charge >= 0.3 is 11.9 Å². The Kier molecular flexibility index (Phi) is 13.7. The monoisotopic (exact) mass is 314 g/mol. The molecule has 0 spiro atoms. The van der Waals surface area contributed by atoms with Gasteiger partial charge in [-0.1, -0.05) is 25.8 Å². The topological polar surface area (TPSA) is 72.8 Å². The maximum absolute atomic E-state index is 11.4. The number of unbranched alkanes of at least 4 members (excludes halogenated alkanes) is 6. The summed E-state index contributed by atoms with van der Waals surface area (Å²) in [6.45, 7) is 6.18. The molecule has 0 saturated heterocycles. The molecule has 0 aromatic carbocycles. The van der Waals surface area contributed by atoms with E-state index in [1.54, 1.807) is 6.92 Å². The van der Waals surface area contributed by atoms with Crippen LogP contribution in [-0.2, 0) is 19.1 Å². The Morgan fingerprint density at radius 1 is 0.864 bits per heavy atom. The number of carbonyl (C=O) groups is 2. The zero-order chi connectivity index (χ0) is 16.6. The highest BCUT2D eigenvalue weighted by Crippen LogP contribution is 2.06. The van der Waals surface area contributed by atoms with Gasteiger partial charge < -0.3 is 14.6 Å². The zero-order valence-corrected chi connectivity index (χ0v) is 13.8. The van der Waals surface area contributed by atoms with E-state index in [1.165, 1.54) is 0 Å². The largest absolute Gasteiger partial charge is 0.466 e. The molecule has 0 atom stereocenters. The third-order valence-corrected chi connectivity index (χ3v) is 3.17. The summed E-state index contributed by atoms with van der Waals surface area (Å²) in [5, 5.41) is 8.63. The third-order valence-electron chi connectivity index (χ3n) is 3.17. The maximum Gasteiger partial charge on any atom is 0.333 e. The molecular formula is C17H30O5. The highest BCUT2D eigenvalue weighted by molar-refractivity contribution is 5.86. The van der Waals surface area contributed by atoms with Crippen LogP contribution in [0.3, 0.4) is 0 Å². The fraction of sp³-hybridized carbons (Fsp3) is 0.765. The molecule has 0 aliphatic rings. The molecule has 5 nitrogen and oxygen atoms in total. The van der Waals surface area contributed by atoms with Crippen molar-refractivity contribution in [1.82, 2.24) is 0 Å². The lowest BCUT2D eigenvalue weighted by Crippen LogP contribution is -2.07. The molecule has 22 heavy (non-hydrogen) atoms. The number of rotatable bonds is 14. The summed E-state index contributed by atoms with van der Waals surface area (Å²) in [4.78, 5) is 22.5. The first-order valence-corrected chi connectivity index (χ1v) is 8.17. The standard InChI is InChI=1S/C17H30O5/c1-15(2)17(20)22-14-10-6-9-13-21-16(19)11-7-4-3-5-8-12-18/h18H,1,3-14H2,2H3. The van der Waals surface area contributed by atoms with Crippen molar-refractivity contribution < 1.29 is 24.2 Å². The summed E-state index contributed by atoms with van der Waals surface area (Å²) in [5.74, 6) is -0.499. The Morgan fingerprint density at radius 2 is 1.41 bits per heavy atom. The molecule has 0 aliphatic carbocycles.